The van der Waals surface area contributed by atoms with E-state index < -0.39 is 40.5 Å². The molecule has 16 heteroatoms. The highest BCUT2D eigenvalue weighted by Gasteiger charge is 2.56. The highest BCUT2D eigenvalue weighted by Crippen LogP contribution is 2.57. The number of aromatic nitrogens is 3. The molecule has 4 aliphatic heterocycles. The first kappa shape index (κ1) is 42.7. The summed E-state index contributed by atoms with van der Waals surface area (Å²) in [4.78, 5) is 71.5. The fraction of sp³-hybridized carbons (Fsp3) is 0.543. The molecule has 5 aliphatic rings. The Morgan fingerprint density at radius 1 is 1.15 bits per heavy atom. The van der Waals surface area contributed by atoms with Gasteiger partial charge in [0.25, 0.3) is 0 Å². The number of likely N-dealkylation sites (N-methyl/N-ethyl adjacent to an activating group) is 1. The number of methoxy groups -OCH3 is 1. The van der Waals surface area contributed by atoms with E-state index >= 15 is 4.79 Å². The van der Waals surface area contributed by atoms with Crippen LogP contribution in [0.25, 0.3) is 33.4 Å². The minimum Gasteiger partial charge on any atom is -0.464 e. The van der Waals surface area contributed by atoms with Gasteiger partial charge in [0.2, 0.25) is 5.91 Å². The number of rotatable bonds is 6. The highest BCUT2D eigenvalue weighted by atomic mass is 32.1. The van der Waals surface area contributed by atoms with Gasteiger partial charge in [-0.3, -0.25) is 24.4 Å². The molecule has 9 rings (SSSR count). The van der Waals surface area contributed by atoms with E-state index in [-0.39, 0.29) is 51.7 Å². The molecule has 3 amide bonds. The molecule has 1 N–H and O–H groups in total. The lowest BCUT2D eigenvalue weighted by Gasteiger charge is -2.47. The molecule has 4 aromatic rings. The Bertz CT molecular complexity index is 2460. The van der Waals surface area contributed by atoms with E-state index in [1.165, 1.54) is 16.3 Å². The third-order valence-electron chi connectivity index (χ3n) is 13.7. The zero-order valence-corrected chi connectivity index (χ0v) is 38.4. The summed E-state index contributed by atoms with van der Waals surface area (Å²) in [6.07, 6.45) is 2.66. The summed E-state index contributed by atoms with van der Waals surface area (Å²) in [5, 5.41) is 5.37. The number of nitrogens with one attached hydrogen (secondary N) is 1. The van der Waals surface area contributed by atoms with Gasteiger partial charge in [0.1, 0.15) is 12.1 Å². The number of esters is 1. The van der Waals surface area contributed by atoms with Crippen molar-refractivity contribution < 1.29 is 33.4 Å². The molecule has 6 bridgehead atoms. The molecule has 2 saturated heterocycles. The van der Waals surface area contributed by atoms with Crippen molar-refractivity contribution >= 4 is 60.7 Å². The summed E-state index contributed by atoms with van der Waals surface area (Å²) < 4.78 is 20.5. The number of carbonyl (C=O) groups excluding carboxylic acids is 4. The number of morpholine rings is 1. The molecule has 0 saturated carbocycles. The molecule has 3 unspecified atom stereocenters. The Balaban J connectivity index is 1.16. The van der Waals surface area contributed by atoms with Gasteiger partial charge >= 0.3 is 12.0 Å². The van der Waals surface area contributed by atoms with Gasteiger partial charge in [-0.1, -0.05) is 39.4 Å². The molecular weight excluding hydrogens is 823 g/mol. The summed E-state index contributed by atoms with van der Waals surface area (Å²) in [6.45, 7) is 13.3. The van der Waals surface area contributed by atoms with Crippen LogP contribution >= 0.6 is 11.3 Å². The van der Waals surface area contributed by atoms with Crippen LogP contribution < -0.4 is 5.43 Å². The number of urea groups is 1. The van der Waals surface area contributed by atoms with Crippen LogP contribution in [0, 0.1) is 16.7 Å². The predicted molar refractivity (Wildman–Crippen MR) is 238 cm³/mol. The number of Topliss-reactive ketones (excluding diaryl/α,β-unsaturated/α-hetero) is 1. The average molecular weight is 879 g/mol. The fourth-order valence-corrected chi connectivity index (χ4v) is 13.0. The fourth-order valence-electron chi connectivity index (χ4n) is 10.6. The predicted octanol–water partition coefficient (Wildman–Crippen LogP) is 5.53. The van der Waals surface area contributed by atoms with E-state index in [9.17, 15) is 14.4 Å². The zero-order valence-electron chi connectivity index (χ0n) is 36.6. The molecule has 1 radical (unpaired) electrons. The maximum atomic E-state index is 15.2. The summed E-state index contributed by atoms with van der Waals surface area (Å²) >= 11 is 1.48. The third-order valence-corrected chi connectivity index (χ3v) is 16.4. The van der Waals surface area contributed by atoms with Gasteiger partial charge in [-0.15, -0.1) is 11.3 Å². The maximum Gasteiger partial charge on any atom is 0.324 e. The second-order valence-corrected chi connectivity index (χ2v) is 20.5. The number of pyridine rings is 1. The van der Waals surface area contributed by atoms with Gasteiger partial charge in [-0.2, -0.15) is 0 Å². The van der Waals surface area contributed by atoms with Gasteiger partial charge in [0.05, 0.1) is 53.4 Å². The lowest BCUT2D eigenvalue weighted by molar-refractivity contribution is -0.158. The summed E-state index contributed by atoms with van der Waals surface area (Å²) in [6, 6.07) is 8.82. The van der Waals surface area contributed by atoms with Gasteiger partial charge < -0.3 is 28.6 Å². The number of ketones is 1. The molecule has 62 heavy (non-hydrogen) atoms. The summed E-state index contributed by atoms with van der Waals surface area (Å²) in [7, 11) is 3.48. The second kappa shape index (κ2) is 16.5. The number of nitrogens with zero attached hydrogens (tertiary/aromatic N) is 6. The number of cyclic esters (lactones) is 1. The lowest BCUT2D eigenvalue weighted by atomic mass is 9.67. The monoisotopic (exact) mass is 878 g/mol. The Morgan fingerprint density at radius 2 is 1.94 bits per heavy atom. The van der Waals surface area contributed by atoms with Crippen LogP contribution in [-0.2, 0) is 41.6 Å². The van der Waals surface area contributed by atoms with Crippen LogP contribution in [0.3, 0.4) is 0 Å². The molecular formula is C46H56N7O7SSi. The maximum absolute atomic E-state index is 15.2. The van der Waals surface area contributed by atoms with Crippen LogP contribution in [-0.4, -0.2) is 134 Å². The van der Waals surface area contributed by atoms with E-state index in [0.29, 0.717) is 45.7 Å². The van der Waals surface area contributed by atoms with Crippen LogP contribution in [0.4, 0.5) is 4.79 Å². The average Bonchev–Trinajstić information content (AvgIpc) is 3.88. The molecule has 7 heterocycles. The van der Waals surface area contributed by atoms with Crippen LogP contribution in [0.15, 0.2) is 41.9 Å². The van der Waals surface area contributed by atoms with Gasteiger partial charge in [0, 0.05) is 106 Å². The SMILES string of the molecule is CCn1c2c3c4cc(ccc41)-c1csc(n1)CC1(C=[Si]C1C(=O)[C@H](C(C)C)N(C)C(=O)N1CCOCC1)C(=O)N1CCC[C@H](N1)C(=O)OCC(C)(C)C3[C@H](OC)c1ncccc1-2. The van der Waals surface area contributed by atoms with E-state index in [2.05, 4.69) is 55.0 Å². The standard InChI is InChI=1S/C46H56N7O7SSi/c1-8-52-32-14-13-27-21-29(32)34-35(40(58-7)36-28(38(34)52)11-9-15-47-36)45(4,5)24-60-42(55)30-12-10-16-53(49-30)43(56)46(22-33-48-31(27)23-61-33)25-62-41(46)39(54)37(26(2)3)50(6)44(57)51-17-19-59-20-18-51/h9,11,13-15,21,23,25-26,30,35,37,40-41,49H,8,10,12,16-20,22,24H2,1-7H3/t30-,35?,37-,40-,41?,46?/m0/s1. The number of ether oxygens (including phenoxy) is 3. The minimum atomic E-state index is -1.24. The van der Waals surface area contributed by atoms with Crippen molar-refractivity contribution in [3.05, 3.63) is 58.2 Å². The van der Waals surface area contributed by atoms with Crippen LogP contribution in [0.2, 0.25) is 5.54 Å². The molecule has 327 valence electrons. The summed E-state index contributed by atoms with van der Waals surface area (Å²) in [5.41, 5.74) is 9.58. The van der Waals surface area contributed by atoms with Crippen molar-refractivity contribution in [3.8, 4) is 22.5 Å². The number of benzene rings is 1. The van der Waals surface area contributed by atoms with Crippen molar-refractivity contribution in [2.24, 2.45) is 16.7 Å². The Morgan fingerprint density at radius 3 is 2.65 bits per heavy atom. The van der Waals surface area contributed by atoms with Crippen molar-refractivity contribution in [2.75, 3.05) is 53.6 Å². The number of hydrazine groups is 1. The molecule has 14 nitrogen and oxygen atoms in total. The topological polar surface area (TPSA) is 148 Å². The number of carbonyl (C=O) groups is 4. The van der Waals surface area contributed by atoms with Crippen molar-refractivity contribution in [3.63, 3.8) is 0 Å². The Hall–Kier alpha value is -4.61. The highest BCUT2D eigenvalue weighted by molar-refractivity contribution is 7.10. The smallest absolute Gasteiger partial charge is 0.324 e. The van der Waals surface area contributed by atoms with E-state index in [0.717, 1.165) is 56.2 Å². The van der Waals surface area contributed by atoms with E-state index in [4.69, 9.17) is 24.2 Å². The Kier molecular flexibility index (Phi) is 11.4. The minimum absolute atomic E-state index is 0.0736. The number of thiazole rings is 1. The summed E-state index contributed by atoms with van der Waals surface area (Å²) in [5.74, 6) is -1.29. The second-order valence-electron chi connectivity index (χ2n) is 18.4. The van der Waals surface area contributed by atoms with Crippen LogP contribution in [0.1, 0.15) is 75.7 Å². The first-order valence-electron chi connectivity index (χ1n) is 21.9. The van der Waals surface area contributed by atoms with Crippen molar-refractivity contribution in [1.82, 2.24) is 34.8 Å². The molecule has 2 fully saturated rings. The van der Waals surface area contributed by atoms with Crippen molar-refractivity contribution in [2.45, 2.75) is 90.1 Å². The number of hydrogen-bond donors (Lipinski definition) is 1. The van der Waals surface area contributed by atoms with Crippen molar-refractivity contribution in [1.29, 1.82) is 0 Å². The lowest BCUT2D eigenvalue weighted by Crippen LogP contribution is -2.65. The van der Waals surface area contributed by atoms with Gasteiger partial charge in [-0.25, -0.2) is 15.2 Å². The molecule has 6 atom stereocenters. The quantitative estimate of drug-likeness (QED) is 0.194. The number of fused-ring (bicyclic) bond motifs is 8. The van der Waals surface area contributed by atoms with Crippen LogP contribution in [0.5, 0.6) is 0 Å². The number of hydrogen-bond acceptors (Lipinski definition) is 11. The van der Waals surface area contributed by atoms with E-state index in [1.54, 1.807) is 30.2 Å². The van der Waals surface area contributed by atoms with Gasteiger partial charge in [0.15, 0.2) is 5.78 Å². The zero-order chi connectivity index (χ0) is 43.7. The first-order valence-corrected chi connectivity index (χ1v) is 23.9. The normalized spacial score (nSPS) is 26.2. The van der Waals surface area contributed by atoms with E-state index in [1.807, 2.05) is 31.0 Å². The number of amides is 3. The first-order chi connectivity index (χ1) is 29.8. The molecule has 3 aromatic heterocycles. The molecule has 1 spiro atoms. The number of aryl methyl sites for hydroxylation is 1. The largest absolute Gasteiger partial charge is 0.464 e. The molecule has 1 aliphatic carbocycles. The third kappa shape index (κ3) is 6.96. The van der Waals surface area contributed by atoms with Gasteiger partial charge in [-0.05, 0) is 55.5 Å². The molecule has 1 aromatic carbocycles. The Labute approximate surface area is 368 Å².